The Balaban J connectivity index is 0.000000195. The quantitative estimate of drug-likeness (QED) is 0.431. The average Bonchev–Trinajstić information content (AvgIpc) is 3.58. The maximum atomic E-state index is 13.9. The van der Waals surface area contributed by atoms with Crippen LogP contribution in [0.25, 0.3) is 17.3 Å². The Hall–Kier alpha value is -3.39. The van der Waals surface area contributed by atoms with E-state index in [0.717, 1.165) is 30.9 Å². The number of halogens is 2. The summed E-state index contributed by atoms with van der Waals surface area (Å²) in [7, 11) is 1.59. The predicted octanol–water partition coefficient (Wildman–Crippen LogP) is 5.80. The van der Waals surface area contributed by atoms with Gasteiger partial charge in [-0.2, -0.15) is 5.10 Å². The molecular weight excluding hydrogens is 450 g/mol. The summed E-state index contributed by atoms with van der Waals surface area (Å²) in [5.41, 5.74) is 2.17. The van der Waals surface area contributed by atoms with Crippen LogP contribution >= 0.6 is 0 Å². The molecule has 0 N–H and O–H groups in total. The molecule has 2 aromatic heterocycles. The molecule has 6 nitrogen and oxygen atoms in total. The number of ether oxygens (including phenoxy) is 1. The molecule has 1 saturated carbocycles. The molecule has 1 aromatic carbocycles. The van der Waals surface area contributed by atoms with Crippen LogP contribution < -0.4 is 0 Å². The molecule has 186 valence electrons. The number of hydrogen-bond donors (Lipinski definition) is 0. The standard InChI is InChI=1S/C16H14F2N2O.C6H8N2.C5H10O/c1-11-5-7-19-16(13(11)6-8-20(2)10-21)14-4-3-12(17)9-15(14)18;1-4-7-8(5-1)6-2-3-6;1-2-4-6-5-3-1/h3-10H,1-2H3;1,4-6H,2-3H2;1-5H2/b8-6-;;. The smallest absolute Gasteiger partial charge is 0.213 e. The molecule has 35 heavy (non-hydrogen) atoms. The van der Waals surface area contributed by atoms with Crippen LogP contribution in [0.4, 0.5) is 8.78 Å². The fourth-order valence-corrected chi connectivity index (χ4v) is 3.43. The molecule has 1 aliphatic carbocycles. The van der Waals surface area contributed by atoms with E-state index < -0.39 is 11.6 Å². The summed E-state index contributed by atoms with van der Waals surface area (Å²) >= 11 is 0. The Morgan fingerprint density at radius 1 is 1.11 bits per heavy atom. The lowest BCUT2D eigenvalue weighted by molar-refractivity contribution is -0.114. The first kappa shape index (κ1) is 26.2. The molecule has 0 bridgehead atoms. The van der Waals surface area contributed by atoms with Crippen LogP contribution in [0.5, 0.6) is 0 Å². The van der Waals surface area contributed by atoms with Gasteiger partial charge in [-0.1, -0.05) is 0 Å². The number of rotatable bonds is 5. The Morgan fingerprint density at radius 2 is 1.89 bits per heavy atom. The van der Waals surface area contributed by atoms with Gasteiger partial charge in [-0.25, -0.2) is 8.78 Å². The van der Waals surface area contributed by atoms with Crippen molar-refractivity contribution in [1.82, 2.24) is 19.7 Å². The summed E-state index contributed by atoms with van der Waals surface area (Å²) in [5, 5.41) is 4.09. The fraction of sp³-hybridized carbons (Fsp3) is 0.370. The molecule has 3 aromatic rings. The molecule has 3 heterocycles. The Bertz CT molecular complexity index is 1080. The summed E-state index contributed by atoms with van der Waals surface area (Å²) in [6.07, 6.45) is 15.9. The first-order chi connectivity index (χ1) is 17.0. The first-order valence-corrected chi connectivity index (χ1v) is 11.8. The molecule has 0 atom stereocenters. The third kappa shape index (κ3) is 8.40. The fourth-order valence-electron chi connectivity index (χ4n) is 3.43. The van der Waals surface area contributed by atoms with Gasteiger partial charge in [-0.3, -0.25) is 14.5 Å². The number of amides is 1. The van der Waals surface area contributed by atoms with Crippen LogP contribution in [0.3, 0.4) is 0 Å². The predicted molar refractivity (Wildman–Crippen MR) is 132 cm³/mol. The van der Waals surface area contributed by atoms with Crippen molar-refractivity contribution in [2.75, 3.05) is 20.3 Å². The highest BCUT2D eigenvalue weighted by atomic mass is 19.1. The van der Waals surface area contributed by atoms with E-state index in [1.54, 1.807) is 31.6 Å². The van der Waals surface area contributed by atoms with Gasteiger partial charge in [0.25, 0.3) is 0 Å². The minimum absolute atomic E-state index is 0.216. The molecule has 2 aliphatic rings. The van der Waals surface area contributed by atoms with E-state index >= 15 is 0 Å². The van der Waals surface area contributed by atoms with Crippen LogP contribution in [-0.2, 0) is 9.53 Å². The first-order valence-electron chi connectivity index (χ1n) is 11.8. The summed E-state index contributed by atoms with van der Waals surface area (Å²) in [4.78, 5) is 16.1. The van der Waals surface area contributed by atoms with E-state index in [0.29, 0.717) is 17.7 Å². The maximum Gasteiger partial charge on any atom is 0.213 e. The number of benzene rings is 1. The van der Waals surface area contributed by atoms with Gasteiger partial charge in [0, 0.05) is 62.2 Å². The number of aromatic nitrogens is 3. The number of nitrogens with zero attached hydrogens (tertiary/aromatic N) is 4. The van der Waals surface area contributed by atoms with Crippen molar-refractivity contribution in [3.05, 3.63) is 77.9 Å². The highest BCUT2D eigenvalue weighted by molar-refractivity contribution is 5.74. The van der Waals surface area contributed by atoms with Crippen LogP contribution in [-0.4, -0.2) is 46.3 Å². The van der Waals surface area contributed by atoms with Gasteiger partial charge in [-0.05, 0) is 74.9 Å². The van der Waals surface area contributed by atoms with Gasteiger partial charge >= 0.3 is 0 Å². The van der Waals surface area contributed by atoms with Gasteiger partial charge in [0.2, 0.25) is 6.41 Å². The largest absolute Gasteiger partial charge is 0.381 e. The molecule has 2 fully saturated rings. The summed E-state index contributed by atoms with van der Waals surface area (Å²) in [5.74, 6) is -1.31. The second kappa shape index (κ2) is 13.5. The third-order valence-electron chi connectivity index (χ3n) is 5.56. The van der Waals surface area contributed by atoms with E-state index in [4.69, 9.17) is 4.74 Å². The normalized spacial score (nSPS) is 15.0. The van der Waals surface area contributed by atoms with Gasteiger partial charge < -0.3 is 9.64 Å². The van der Waals surface area contributed by atoms with E-state index in [9.17, 15) is 13.6 Å². The van der Waals surface area contributed by atoms with Crippen molar-refractivity contribution >= 4 is 12.5 Å². The lowest BCUT2D eigenvalue weighted by Gasteiger charge is -2.10. The van der Waals surface area contributed by atoms with E-state index in [1.807, 2.05) is 30.1 Å². The number of carbonyl (C=O) groups is 1. The molecule has 1 saturated heterocycles. The van der Waals surface area contributed by atoms with Crippen LogP contribution in [0, 0.1) is 18.6 Å². The maximum absolute atomic E-state index is 13.9. The Kier molecular flexibility index (Phi) is 10.1. The Labute approximate surface area is 205 Å². The average molecular weight is 483 g/mol. The molecule has 8 heteroatoms. The molecule has 1 aliphatic heterocycles. The number of aryl methyl sites for hydroxylation is 1. The number of hydrogen-bond acceptors (Lipinski definition) is 4. The Morgan fingerprint density at radius 3 is 2.43 bits per heavy atom. The summed E-state index contributed by atoms with van der Waals surface area (Å²) < 4.78 is 34.1. The molecule has 0 radical (unpaired) electrons. The van der Waals surface area contributed by atoms with Crippen molar-refractivity contribution in [2.24, 2.45) is 0 Å². The van der Waals surface area contributed by atoms with E-state index in [1.165, 1.54) is 49.1 Å². The van der Waals surface area contributed by atoms with Crippen molar-refractivity contribution in [1.29, 1.82) is 0 Å². The minimum Gasteiger partial charge on any atom is -0.381 e. The second-order valence-corrected chi connectivity index (χ2v) is 8.49. The third-order valence-corrected chi connectivity index (χ3v) is 5.56. The van der Waals surface area contributed by atoms with Crippen LogP contribution in [0.2, 0.25) is 0 Å². The number of pyridine rings is 1. The van der Waals surface area contributed by atoms with E-state index in [-0.39, 0.29) is 5.56 Å². The number of carbonyl (C=O) groups excluding carboxylic acids is 1. The van der Waals surface area contributed by atoms with Crippen molar-refractivity contribution in [3.63, 3.8) is 0 Å². The zero-order valence-corrected chi connectivity index (χ0v) is 20.2. The van der Waals surface area contributed by atoms with Crippen LogP contribution in [0.1, 0.15) is 49.3 Å². The van der Waals surface area contributed by atoms with Crippen molar-refractivity contribution < 1.29 is 18.3 Å². The second-order valence-electron chi connectivity index (χ2n) is 8.49. The molecule has 0 unspecified atom stereocenters. The van der Waals surface area contributed by atoms with Crippen molar-refractivity contribution in [3.8, 4) is 11.3 Å². The van der Waals surface area contributed by atoms with Gasteiger partial charge in [0.05, 0.1) is 11.7 Å². The van der Waals surface area contributed by atoms with E-state index in [2.05, 4.69) is 10.1 Å². The molecule has 0 spiro atoms. The monoisotopic (exact) mass is 482 g/mol. The van der Waals surface area contributed by atoms with Gasteiger partial charge in [0.15, 0.2) is 0 Å². The molecular formula is C27H32F2N4O2. The molecule has 5 rings (SSSR count). The molecule has 1 amide bonds. The highest BCUT2D eigenvalue weighted by Gasteiger charge is 2.22. The zero-order valence-electron chi connectivity index (χ0n) is 20.2. The van der Waals surface area contributed by atoms with Crippen LogP contribution in [0.15, 0.2) is 55.1 Å². The van der Waals surface area contributed by atoms with Gasteiger partial charge in [-0.15, -0.1) is 0 Å². The summed E-state index contributed by atoms with van der Waals surface area (Å²) in [6.45, 7) is 3.85. The SMILES string of the molecule is C1CCOCC1.Cc1ccnc(-c2ccc(F)cc2F)c1/C=C\N(C)C=O.c1cnn(C2CC2)c1. The minimum atomic E-state index is -0.675. The lowest BCUT2D eigenvalue weighted by Crippen LogP contribution is -2.06. The lowest BCUT2D eigenvalue weighted by atomic mass is 10.0. The van der Waals surface area contributed by atoms with Crippen molar-refractivity contribution in [2.45, 2.75) is 45.1 Å². The summed E-state index contributed by atoms with van der Waals surface area (Å²) in [6, 6.07) is 7.86. The highest BCUT2D eigenvalue weighted by Crippen LogP contribution is 2.33. The van der Waals surface area contributed by atoms with Gasteiger partial charge in [0.1, 0.15) is 11.6 Å². The topological polar surface area (TPSA) is 60.2 Å². The zero-order chi connectivity index (χ0) is 25.0.